The number of hydrogen-bond donors (Lipinski definition) is 4. The quantitative estimate of drug-likeness (QED) is 0.433. The molecule has 0 aliphatic rings. The largest absolute Gasteiger partial charge is 0.480 e. The minimum atomic E-state index is -1.15. The average Bonchev–Trinajstić information content (AvgIpc) is 2.02. The van der Waals surface area contributed by atoms with Crippen molar-refractivity contribution in [3.63, 3.8) is 0 Å². The van der Waals surface area contributed by atoms with Crippen molar-refractivity contribution in [1.82, 2.24) is 0 Å². The Morgan fingerprint density at radius 1 is 1.23 bits per heavy atom. The zero-order valence-corrected chi connectivity index (χ0v) is 7.30. The van der Waals surface area contributed by atoms with Crippen molar-refractivity contribution < 1.29 is 19.8 Å². The summed E-state index contributed by atoms with van der Waals surface area (Å²) in [7, 11) is 0. The smallest absolute Gasteiger partial charge is 0.320 e. The Balaban J connectivity index is 4.06. The molecule has 0 radical (unpaired) electrons. The number of carbonyl (C=O) groups is 2. The summed E-state index contributed by atoms with van der Waals surface area (Å²) >= 11 is 0. The van der Waals surface area contributed by atoms with Crippen LogP contribution in [-0.4, -0.2) is 34.2 Å². The molecule has 76 valence electrons. The lowest BCUT2D eigenvalue weighted by Crippen LogP contribution is -2.41. The zero-order chi connectivity index (χ0) is 10.6. The third-order valence-corrected chi connectivity index (χ3v) is 1.84. The Hall–Kier alpha value is -1.14. The molecule has 0 aromatic heterocycles. The number of carboxylic acids is 2. The van der Waals surface area contributed by atoms with Gasteiger partial charge >= 0.3 is 11.9 Å². The van der Waals surface area contributed by atoms with Gasteiger partial charge in [0.25, 0.3) is 0 Å². The van der Waals surface area contributed by atoms with Gasteiger partial charge in [0.1, 0.15) is 12.1 Å². The van der Waals surface area contributed by atoms with Gasteiger partial charge in [-0.1, -0.05) is 6.92 Å². The topological polar surface area (TPSA) is 127 Å². The lowest BCUT2D eigenvalue weighted by atomic mass is 9.95. The van der Waals surface area contributed by atoms with Gasteiger partial charge in [-0.15, -0.1) is 0 Å². The van der Waals surface area contributed by atoms with Gasteiger partial charge in [-0.05, 0) is 12.3 Å². The fourth-order valence-corrected chi connectivity index (χ4v) is 0.891. The number of aliphatic carboxylic acids is 2. The Labute approximate surface area is 75.5 Å². The third-order valence-electron chi connectivity index (χ3n) is 1.84. The van der Waals surface area contributed by atoms with Crippen molar-refractivity contribution in [1.29, 1.82) is 0 Å². The number of hydrogen-bond acceptors (Lipinski definition) is 4. The van der Waals surface area contributed by atoms with Crippen molar-refractivity contribution in [3.8, 4) is 0 Å². The van der Waals surface area contributed by atoms with Crippen LogP contribution in [0, 0.1) is 5.92 Å². The summed E-state index contributed by atoms with van der Waals surface area (Å²) in [4.78, 5) is 20.7. The Morgan fingerprint density at radius 3 is 2.00 bits per heavy atom. The third kappa shape index (κ3) is 3.86. The van der Waals surface area contributed by atoms with Gasteiger partial charge in [-0.3, -0.25) is 9.59 Å². The van der Waals surface area contributed by atoms with Crippen LogP contribution in [0.5, 0.6) is 0 Å². The van der Waals surface area contributed by atoms with Crippen molar-refractivity contribution in [2.45, 2.75) is 25.4 Å². The first-order valence-electron chi connectivity index (χ1n) is 3.83. The van der Waals surface area contributed by atoms with E-state index in [9.17, 15) is 9.59 Å². The normalized spacial score (nSPS) is 17.5. The molecular formula is C7H14N2O4. The fourth-order valence-electron chi connectivity index (χ4n) is 0.891. The van der Waals surface area contributed by atoms with Crippen LogP contribution in [0.15, 0.2) is 0 Å². The molecule has 0 bridgehead atoms. The highest BCUT2D eigenvalue weighted by Gasteiger charge is 2.24. The van der Waals surface area contributed by atoms with Crippen molar-refractivity contribution in [2.24, 2.45) is 17.4 Å². The van der Waals surface area contributed by atoms with E-state index < -0.39 is 29.9 Å². The highest BCUT2D eigenvalue weighted by molar-refractivity contribution is 5.75. The minimum absolute atomic E-state index is 0.0583. The van der Waals surface area contributed by atoms with E-state index in [0.717, 1.165) is 0 Å². The molecule has 6 N–H and O–H groups in total. The van der Waals surface area contributed by atoms with Crippen molar-refractivity contribution in [3.05, 3.63) is 0 Å². The number of carboxylic acid groups (broad SMARTS) is 2. The van der Waals surface area contributed by atoms with E-state index in [2.05, 4.69) is 0 Å². The molecule has 0 heterocycles. The van der Waals surface area contributed by atoms with Crippen molar-refractivity contribution in [2.75, 3.05) is 0 Å². The number of rotatable bonds is 5. The summed E-state index contributed by atoms with van der Waals surface area (Å²) in [5, 5.41) is 16.9. The van der Waals surface area contributed by atoms with E-state index in [0.29, 0.717) is 0 Å². The van der Waals surface area contributed by atoms with Crippen LogP contribution in [0.4, 0.5) is 0 Å². The Kier molecular flexibility index (Phi) is 4.36. The van der Waals surface area contributed by atoms with Crippen LogP contribution in [0.2, 0.25) is 0 Å². The highest BCUT2D eigenvalue weighted by atomic mass is 16.4. The molecule has 3 unspecified atom stereocenters. The van der Waals surface area contributed by atoms with Gasteiger partial charge in [0, 0.05) is 0 Å². The van der Waals surface area contributed by atoms with Gasteiger partial charge < -0.3 is 21.7 Å². The van der Waals surface area contributed by atoms with E-state index in [-0.39, 0.29) is 6.42 Å². The molecule has 0 spiro atoms. The maximum absolute atomic E-state index is 10.4. The lowest BCUT2D eigenvalue weighted by Gasteiger charge is -2.17. The molecule has 13 heavy (non-hydrogen) atoms. The average molecular weight is 190 g/mol. The van der Waals surface area contributed by atoms with E-state index in [4.69, 9.17) is 21.7 Å². The molecule has 3 atom stereocenters. The minimum Gasteiger partial charge on any atom is -0.480 e. The Morgan fingerprint density at radius 2 is 1.69 bits per heavy atom. The number of nitrogens with two attached hydrogens (primary N) is 2. The van der Waals surface area contributed by atoms with E-state index in [1.807, 2.05) is 0 Å². The monoisotopic (exact) mass is 190 g/mol. The molecule has 6 nitrogen and oxygen atoms in total. The van der Waals surface area contributed by atoms with E-state index in [1.165, 1.54) is 0 Å². The molecule has 0 aromatic carbocycles. The molecule has 0 saturated heterocycles. The lowest BCUT2D eigenvalue weighted by molar-refractivity contribution is -0.142. The molecule has 0 saturated carbocycles. The molecule has 0 aliphatic heterocycles. The van der Waals surface area contributed by atoms with Gasteiger partial charge in [-0.2, -0.15) is 0 Å². The summed E-state index contributed by atoms with van der Waals surface area (Å²) in [6.07, 6.45) is 0.0583. The SMILES string of the molecule is CC(CC(N)C(=O)O)C(N)C(=O)O. The van der Waals surface area contributed by atoms with Gasteiger partial charge in [0.05, 0.1) is 0 Å². The molecule has 6 heteroatoms. The van der Waals surface area contributed by atoms with E-state index in [1.54, 1.807) is 6.92 Å². The second-order valence-electron chi connectivity index (χ2n) is 3.02. The summed E-state index contributed by atoms with van der Waals surface area (Å²) < 4.78 is 0. The first kappa shape index (κ1) is 11.9. The molecular weight excluding hydrogens is 176 g/mol. The highest BCUT2D eigenvalue weighted by Crippen LogP contribution is 2.08. The predicted molar refractivity (Wildman–Crippen MR) is 45.0 cm³/mol. The van der Waals surface area contributed by atoms with Crippen LogP contribution >= 0.6 is 0 Å². The maximum atomic E-state index is 10.4. The maximum Gasteiger partial charge on any atom is 0.320 e. The van der Waals surface area contributed by atoms with Crippen LogP contribution in [-0.2, 0) is 9.59 Å². The molecule has 0 amide bonds. The first-order chi connectivity index (χ1) is 5.86. The fraction of sp³-hybridized carbons (Fsp3) is 0.714. The summed E-state index contributed by atoms with van der Waals surface area (Å²) in [6.45, 7) is 1.56. The Bertz CT molecular complexity index is 207. The van der Waals surface area contributed by atoms with Gasteiger partial charge in [-0.25, -0.2) is 0 Å². The van der Waals surface area contributed by atoms with E-state index >= 15 is 0 Å². The molecule has 0 aromatic rings. The van der Waals surface area contributed by atoms with Crippen LogP contribution in [0.25, 0.3) is 0 Å². The van der Waals surface area contributed by atoms with Gasteiger partial charge in [0.2, 0.25) is 0 Å². The molecule has 0 aliphatic carbocycles. The van der Waals surface area contributed by atoms with Gasteiger partial charge in [0.15, 0.2) is 0 Å². The van der Waals surface area contributed by atoms with Crippen LogP contribution in [0.3, 0.4) is 0 Å². The van der Waals surface area contributed by atoms with Crippen LogP contribution in [0.1, 0.15) is 13.3 Å². The summed E-state index contributed by atoms with van der Waals surface area (Å²) in [5.41, 5.74) is 10.5. The van der Waals surface area contributed by atoms with Crippen molar-refractivity contribution >= 4 is 11.9 Å². The molecule has 0 rings (SSSR count). The standard InChI is InChI=1S/C7H14N2O4/c1-3(5(9)7(12)13)2-4(8)6(10)11/h3-5H,2,8-9H2,1H3,(H,10,11)(H,12,13). The predicted octanol–water partition coefficient (Wildman–Crippen LogP) is -1.16. The van der Waals surface area contributed by atoms with Crippen LogP contribution < -0.4 is 11.5 Å². The second kappa shape index (κ2) is 4.78. The summed E-state index contributed by atoms with van der Waals surface area (Å²) in [5.74, 6) is -2.75. The summed E-state index contributed by atoms with van der Waals surface area (Å²) in [6, 6.07) is -2.12. The second-order valence-corrected chi connectivity index (χ2v) is 3.02. The first-order valence-corrected chi connectivity index (χ1v) is 3.83. The molecule has 0 fully saturated rings. The zero-order valence-electron chi connectivity index (χ0n) is 7.30.